The van der Waals surface area contributed by atoms with Crippen LogP contribution in [-0.2, 0) is 75.2 Å². The van der Waals surface area contributed by atoms with Gasteiger partial charge in [-0.15, -0.1) is 0 Å². The fourth-order valence-corrected chi connectivity index (χ4v) is 11.5. The summed E-state index contributed by atoms with van der Waals surface area (Å²) >= 11 is 1.45. The average Bonchev–Trinajstić information content (AvgIpc) is 1.74. The van der Waals surface area contributed by atoms with E-state index in [9.17, 15) is 62.3 Å². The monoisotopic (exact) mass is 1350 g/mol. The summed E-state index contributed by atoms with van der Waals surface area (Å²) in [5.41, 5.74) is 40.6. The molecule has 31 nitrogen and oxygen atoms in total. The van der Waals surface area contributed by atoms with E-state index < -0.39 is 169 Å². The summed E-state index contributed by atoms with van der Waals surface area (Å²) in [7, 11) is 0. The number of nitrogens with one attached hydrogen (secondary N) is 8. The molecule has 2 heterocycles. The minimum atomic E-state index is -1.64. The van der Waals surface area contributed by atoms with Gasteiger partial charge in [0.1, 0.15) is 54.4 Å². The second-order valence-corrected chi connectivity index (χ2v) is 25.1. The van der Waals surface area contributed by atoms with Gasteiger partial charge in [-0.1, -0.05) is 74.5 Å². The molecule has 10 atom stereocenters. The van der Waals surface area contributed by atoms with Gasteiger partial charge in [-0.25, -0.2) is 0 Å². The van der Waals surface area contributed by atoms with E-state index in [2.05, 4.69) is 47.5 Å². The van der Waals surface area contributed by atoms with Crippen LogP contribution in [-0.4, -0.2) is 198 Å². The number of unbranched alkanes of at least 4 members (excludes halogenated alkanes) is 1. The van der Waals surface area contributed by atoms with E-state index in [0.29, 0.717) is 55.4 Å². The number of rotatable bonds is 42. The van der Waals surface area contributed by atoms with Crippen LogP contribution in [0, 0.1) is 5.92 Å². The molecule has 0 saturated carbocycles. The molecule has 2 saturated heterocycles. The number of carbonyl (C=O) groups is 13. The molecule has 0 unspecified atom stereocenters. The summed E-state index contributed by atoms with van der Waals surface area (Å²) in [6.45, 7) is 3.86. The van der Waals surface area contributed by atoms with Gasteiger partial charge in [-0.2, -0.15) is 11.8 Å². The Morgan fingerprint density at radius 3 is 1.51 bits per heavy atom. The van der Waals surface area contributed by atoms with E-state index in [0.717, 1.165) is 0 Å². The van der Waals surface area contributed by atoms with Gasteiger partial charge in [0.15, 0.2) is 5.96 Å². The molecule has 2 aliphatic heterocycles. The number of hydrogen-bond acceptors (Lipinski definition) is 17. The van der Waals surface area contributed by atoms with E-state index in [1.165, 1.54) is 21.6 Å². The molecule has 95 heavy (non-hydrogen) atoms. The second kappa shape index (κ2) is 41.0. The SMILES string of the molecule is CSCC[C@H](NC(=O)[C@H](CC(C)C)NC(=O)CNC(=O)[C@@H](Cc1ccccc1)NC(=O)[C@@H](Cc1ccccc1)NC(=O)[C@H](CCC(N)=O)NC(=O)[C@@H](CCC(N)=O)NC(=O)[C@H]1CCCN1C(=O)[C@H](CCCCN)NC(=O)[C@@H]1CCCN1C(=O)[C@H](N)CCCN=C(N)N)C(N)=O. The fraction of sp³-hybridized carbons (Fsp3) is 0.587. The van der Waals surface area contributed by atoms with Gasteiger partial charge in [-0.3, -0.25) is 67.3 Å². The van der Waals surface area contributed by atoms with Crippen molar-refractivity contribution in [1.29, 1.82) is 0 Å². The highest BCUT2D eigenvalue weighted by Crippen LogP contribution is 2.24. The first-order chi connectivity index (χ1) is 45.2. The lowest BCUT2D eigenvalue weighted by atomic mass is 10.0. The molecule has 0 aromatic heterocycles. The molecule has 0 radical (unpaired) electrons. The third-order valence-electron chi connectivity index (χ3n) is 16.0. The summed E-state index contributed by atoms with van der Waals surface area (Å²) in [4.78, 5) is 185. The number of likely N-dealkylation sites (tertiary alicyclic amines) is 2. The van der Waals surface area contributed by atoms with Crippen molar-refractivity contribution >= 4 is 94.5 Å². The van der Waals surface area contributed by atoms with Crippen molar-refractivity contribution in [3.05, 3.63) is 71.8 Å². The quantitative estimate of drug-likeness (QED) is 0.0173. The predicted molar refractivity (Wildman–Crippen MR) is 356 cm³/mol. The molecule has 2 fully saturated rings. The van der Waals surface area contributed by atoms with Crippen LogP contribution in [0.1, 0.15) is 121 Å². The lowest BCUT2D eigenvalue weighted by Crippen LogP contribution is -2.60. The van der Waals surface area contributed by atoms with Crippen molar-refractivity contribution < 1.29 is 62.3 Å². The van der Waals surface area contributed by atoms with Gasteiger partial charge < -0.3 is 92.5 Å². The van der Waals surface area contributed by atoms with Gasteiger partial charge in [0.05, 0.1) is 12.6 Å². The topological polar surface area (TPSA) is 519 Å². The number of hydrogen-bond donors (Lipinski definition) is 15. The maximum absolute atomic E-state index is 14.7. The Morgan fingerprint density at radius 1 is 0.537 bits per heavy atom. The molecule has 2 aromatic rings. The van der Waals surface area contributed by atoms with Crippen LogP contribution in [0.5, 0.6) is 0 Å². The van der Waals surface area contributed by atoms with E-state index in [4.69, 9.17) is 40.1 Å². The molecule has 0 aliphatic carbocycles. The molecular formula is C63H98N18O13S. The van der Waals surface area contributed by atoms with Gasteiger partial charge in [0, 0.05) is 45.3 Å². The molecule has 0 bridgehead atoms. The first-order valence-corrected chi connectivity index (χ1v) is 33.6. The van der Waals surface area contributed by atoms with Crippen LogP contribution in [0.4, 0.5) is 0 Å². The molecule has 2 aliphatic rings. The van der Waals surface area contributed by atoms with Crippen LogP contribution < -0.4 is 82.7 Å². The number of primary amides is 3. The molecule has 2 aromatic carbocycles. The summed E-state index contributed by atoms with van der Waals surface area (Å²) < 4.78 is 0. The van der Waals surface area contributed by atoms with Crippen molar-refractivity contribution in [3.63, 3.8) is 0 Å². The normalized spacial score (nSPS) is 16.8. The summed E-state index contributed by atoms with van der Waals surface area (Å²) in [6, 6.07) is 4.51. The second-order valence-electron chi connectivity index (χ2n) is 24.1. The Kier molecular flexibility index (Phi) is 33.9. The first kappa shape index (κ1) is 78.5. The molecule has 32 heteroatoms. The highest BCUT2D eigenvalue weighted by molar-refractivity contribution is 7.98. The molecule has 4 rings (SSSR count). The standard InChI is InChI=1S/C63H98N18O13S/c1-37(2)33-45(57(89)74-41(53(68)85)27-32-95-3)73-52(84)36-72-54(86)46(34-38-15-6-4-7-16-38)78-58(90)47(35-39-17-8-5-9-18-39)79-56(88)42(23-25-50(66)82)75-55(87)43(24-26-51(67)83)76-59(91)49-22-14-31-81(49)62(94)44(20-10-11-28-64)77-60(92)48-21-13-30-80(48)61(93)40(65)19-12-29-71-63(69)70/h4-9,15-18,37,40-49H,10-14,19-36,64-65H2,1-3H3,(H2,66,82)(H2,67,83)(H2,68,85)(H,72,86)(H,73,84)(H,74,89)(H,75,87)(H,76,91)(H,77,92)(H,78,90)(H,79,88)(H4,69,70,71)/t40-,41+,42+,43-,44+,45+,46-,47-,48+,49-/m1/s1. The Bertz CT molecular complexity index is 2960. The number of aliphatic imine (C=N–C) groups is 1. The van der Waals surface area contributed by atoms with Gasteiger partial charge in [-0.05, 0) is 119 Å². The Hall–Kier alpha value is -8.91. The van der Waals surface area contributed by atoms with E-state index in [-0.39, 0.29) is 83.0 Å². The molecule has 13 amide bonds. The molecule has 524 valence electrons. The van der Waals surface area contributed by atoms with E-state index >= 15 is 0 Å². The van der Waals surface area contributed by atoms with Crippen LogP contribution >= 0.6 is 11.8 Å². The zero-order valence-electron chi connectivity index (χ0n) is 54.5. The number of benzene rings is 2. The van der Waals surface area contributed by atoms with Gasteiger partial charge in [0.2, 0.25) is 76.8 Å². The van der Waals surface area contributed by atoms with Crippen molar-refractivity contribution in [2.75, 3.05) is 44.7 Å². The average molecular weight is 1350 g/mol. The predicted octanol–water partition coefficient (Wildman–Crippen LogP) is -3.71. The Labute approximate surface area is 558 Å². The first-order valence-electron chi connectivity index (χ1n) is 32.2. The van der Waals surface area contributed by atoms with Crippen molar-refractivity contribution in [2.24, 2.45) is 51.0 Å². The highest BCUT2D eigenvalue weighted by atomic mass is 32.2. The number of thioether (sulfide) groups is 1. The molecular weight excluding hydrogens is 1250 g/mol. The zero-order valence-corrected chi connectivity index (χ0v) is 55.3. The maximum Gasteiger partial charge on any atom is 0.245 e. The Balaban J connectivity index is 1.56. The Morgan fingerprint density at radius 2 is 1.01 bits per heavy atom. The minimum absolute atomic E-state index is 0.0736. The smallest absolute Gasteiger partial charge is 0.245 e. The summed E-state index contributed by atoms with van der Waals surface area (Å²) in [5.74, 6) is -9.80. The fourth-order valence-electron chi connectivity index (χ4n) is 11.0. The maximum atomic E-state index is 14.7. The van der Waals surface area contributed by atoms with Crippen LogP contribution in [0.25, 0.3) is 0 Å². The number of nitrogens with two attached hydrogens (primary N) is 7. The van der Waals surface area contributed by atoms with E-state index in [1.54, 1.807) is 60.7 Å². The van der Waals surface area contributed by atoms with Crippen LogP contribution in [0.15, 0.2) is 65.7 Å². The highest BCUT2D eigenvalue weighted by Gasteiger charge is 2.42. The third kappa shape index (κ3) is 27.5. The number of guanidine groups is 1. The molecule has 22 N–H and O–H groups in total. The summed E-state index contributed by atoms with van der Waals surface area (Å²) in [6.07, 6.45) is 3.12. The van der Waals surface area contributed by atoms with Crippen molar-refractivity contribution in [3.8, 4) is 0 Å². The van der Waals surface area contributed by atoms with Crippen LogP contribution in [0.3, 0.4) is 0 Å². The van der Waals surface area contributed by atoms with Gasteiger partial charge in [0.25, 0.3) is 0 Å². The molecule has 0 spiro atoms. The minimum Gasteiger partial charge on any atom is -0.370 e. The number of amides is 13. The lowest BCUT2D eigenvalue weighted by Gasteiger charge is -2.32. The van der Waals surface area contributed by atoms with Crippen molar-refractivity contribution in [2.45, 2.75) is 183 Å². The lowest BCUT2D eigenvalue weighted by molar-refractivity contribution is -0.144. The zero-order chi connectivity index (χ0) is 70.1. The van der Waals surface area contributed by atoms with Crippen LogP contribution in [0.2, 0.25) is 0 Å². The summed E-state index contributed by atoms with van der Waals surface area (Å²) in [5, 5.41) is 21.1. The third-order valence-corrected chi connectivity index (χ3v) is 16.7. The number of nitrogens with zero attached hydrogens (tertiary/aromatic N) is 3. The largest absolute Gasteiger partial charge is 0.370 e. The van der Waals surface area contributed by atoms with Gasteiger partial charge >= 0.3 is 0 Å². The van der Waals surface area contributed by atoms with Crippen molar-refractivity contribution in [1.82, 2.24) is 52.3 Å². The van der Waals surface area contributed by atoms with E-state index in [1.807, 2.05) is 20.1 Å². The number of carbonyl (C=O) groups excluding carboxylic acids is 13.